The summed E-state index contributed by atoms with van der Waals surface area (Å²) in [7, 11) is 0. The van der Waals surface area contributed by atoms with Gasteiger partial charge in [-0.2, -0.15) is 0 Å². The van der Waals surface area contributed by atoms with Gasteiger partial charge in [0.15, 0.2) is 0 Å². The van der Waals surface area contributed by atoms with E-state index in [0.29, 0.717) is 12.5 Å². The van der Waals surface area contributed by atoms with Gasteiger partial charge >= 0.3 is 0 Å². The van der Waals surface area contributed by atoms with Crippen LogP contribution >= 0.6 is 0 Å². The predicted octanol–water partition coefficient (Wildman–Crippen LogP) is 0.394. The number of rotatable bonds is 2. The van der Waals surface area contributed by atoms with E-state index >= 15 is 0 Å². The quantitative estimate of drug-likeness (QED) is 0.807. The van der Waals surface area contributed by atoms with Gasteiger partial charge in [-0.25, -0.2) is 0 Å². The summed E-state index contributed by atoms with van der Waals surface area (Å²) in [5.74, 6) is 2.65. The van der Waals surface area contributed by atoms with Crippen LogP contribution in [0.3, 0.4) is 0 Å². The van der Waals surface area contributed by atoms with Crippen LogP contribution in [0.15, 0.2) is 0 Å². The predicted molar refractivity (Wildman–Crippen MR) is 63.8 cm³/mol. The molecule has 3 rings (SSSR count). The van der Waals surface area contributed by atoms with E-state index in [2.05, 4.69) is 26.6 Å². The first-order chi connectivity index (χ1) is 8.28. The molecule has 1 saturated heterocycles. The fourth-order valence-corrected chi connectivity index (χ4v) is 2.96. The van der Waals surface area contributed by atoms with Crippen molar-refractivity contribution in [2.75, 3.05) is 19.6 Å². The molecule has 2 unspecified atom stereocenters. The first kappa shape index (κ1) is 11.2. The smallest absolute Gasteiger partial charge is 0.137 e. The van der Waals surface area contributed by atoms with Crippen molar-refractivity contribution in [1.82, 2.24) is 19.7 Å². The van der Waals surface area contributed by atoms with Crippen molar-refractivity contribution < 1.29 is 5.11 Å². The number of aryl methyl sites for hydroxylation is 1. The number of hydrogen-bond acceptors (Lipinski definition) is 4. The lowest BCUT2D eigenvalue weighted by molar-refractivity contribution is 0.128. The Morgan fingerprint density at radius 1 is 1.29 bits per heavy atom. The molecule has 0 aliphatic carbocycles. The van der Waals surface area contributed by atoms with Gasteiger partial charge in [0.1, 0.15) is 11.6 Å². The number of aromatic nitrogens is 3. The van der Waals surface area contributed by atoms with Gasteiger partial charge in [0.25, 0.3) is 0 Å². The molecule has 2 aliphatic heterocycles. The van der Waals surface area contributed by atoms with E-state index in [9.17, 15) is 5.11 Å². The van der Waals surface area contributed by atoms with Crippen LogP contribution in [-0.2, 0) is 13.0 Å². The van der Waals surface area contributed by atoms with E-state index in [1.165, 1.54) is 6.42 Å². The lowest BCUT2D eigenvalue weighted by Gasteiger charge is -2.21. The van der Waals surface area contributed by atoms with Crippen molar-refractivity contribution in [3.8, 4) is 0 Å². The highest BCUT2D eigenvalue weighted by molar-refractivity contribution is 5.08. The van der Waals surface area contributed by atoms with Crippen LogP contribution in [0, 0.1) is 0 Å². The van der Waals surface area contributed by atoms with Gasteiger partial charge in [0.2, 0.25) is 0 Å². The molecule has 0 saturated carbocycles. The molecule has 3 heterocycles. The van der Waals surface area contributed by atoms with Crippen LogP contribution in [0.5, 0.6) is 0 Å². The second kappa shape index (κ2) is 4.38. The number of likely N-dealkylation sites (tertiary alicyclic amines) is 1. The molecule has 5 heteroatoms. The molecule has 94 valence electrons. The SMILES string of the molecule is CCN1CCC(c2nnc3n2CC(O)CC3)C1. The number of aliphatic hydroxyl groups is 1. The zero-order chi connectivity index (χ0) is 11.8. The number of fused-ring (bicyclic) bond motifs is 1. The Morgan fingerprint density at radius 2 is 2.18 bits per heavy atom. The molecule has 1 aromatic rings. The van der Waals surface area contributed by atoms with Gasteiger partial charge < -0.3 is 14.6 Å². The van der Waals surface area contributed by atoms with E-state index in [0.717, 1.165) is 44.1 Å². The Hall–Kier alpha value is -0.940. The van der Waals surface area contributed by atoms with E-state index < -0.39 is 0 Å². The molecule has 1 fully saturated rings. The first-order valence-corrected chi connectivity index (χ1v) is 6.60. The third kappa shape index (κ3) is 1.98. The fourth-order valence-electron chi connectivity index (χ4n) is 2.96. The Balaban J connectivity index is 1.82. The monoisotopic (exact) mass is 236 g/mol. The van der Waals surface area contributed by atoms with Crippen LogP contribution in [0.1, 0.15) is 37.3 Å². The molecule has 2 atom stereocenters. The molecule has 0 amide bonds. The van der Waals surface area contributed by atoms with Crippen molar-refractivity contribution in [3.05, 3.63) is 11.6 Å². The molecule has 1 aromatic heterocycles. The van der Waals surface area contributed by atoms with E-state index in [-0.39, 0.29) is 6.10 Å². The summed E-state index contributed by atoms with van der Waals surface area (Å²) in [4.78, 5) is 2.45. The number of nitrogens with zero attached hydrogens (tertiary/aromatic N) is 4. The second-order valence-corrected chi connectivity index (χ2v) is 5.16. The molecule has 17 heavy (non-hydrogen) atoms. The molecular weight excluding hydrogens is 216 g/mol. The zero-order valence-electron chi connectivity index (χ0n) is 10.3. The minimum atomic E-state index is -0.221. The van der Waals surface area contributed by atoms with E-state index in [1.807, 2.05) is 0 Å². The van der Waals surface area contributed by atoms with Crippen LogP contribution in [0.25, 0.3) is 0 Å². The Bertz CT molecular complexity index is 403. The van der Waals surface area contributed by atoms with Gasteiger partial charge in [-0.1, -0.05) is 6.92 Å². The van der Waals surface area contributed by atoms with Gasteiger partial charge in [-0.05, 0) is 25.9 Å². The van der Waals surface area contributed by atoms with Crippen molar-refractivity contribution in [3.63, 3.8) is 0 Å². The second-order valence-electron chi connectivity index (χ2n) is 5.16. The summed E-state index contributed by atoms with van der Waals surface area (Å²) < 4.78 is 2.15. The third-order valence-electron chi connectivity index (χ3n) is 4.04. The molecule has 0 aromatic carbocycles. The van der Waals surface area contributed by atoms with Crippen LogP contribution in [-0.4, -0.2) is 50.5 Å². The van der Waals surface area contributed by atoms with Crippen molar-refractivity contribution in [1.29, 1.82) is 0 Å². The Morgan fingerprint density at radius 3 is 2.94 bits per heavy atom. The standard InChI is InChI=1S/C12H20N4O/c1-2-15-6-5-9(7-15)12-14-13-11-4-3-10(17)8-16(11)12/h9-10,17H,2-8H2,1H3. The maximum Gasteiger partial charge on any atom is 0.137 e. The molecule has 0 bridgehead atoms. The highest BCUT2D eigenvalue weighted by atomic mass is 16.3. The topological polar surface area (TPSA) is 54.2 Å². The normalized spacial score (nSPS) is 29.5. The molecular formula is C12H20N4O. The van der Waals surface area contributed by atoms with Crippen LogP contribution < -0.4 is 0 Å². The minimum Gasteiger partial charge on any atom is -0.391 e. The lowest BCUT2D eigenvalue weighted by atomic mass is 10.1. The zero-order valence-corrected chi connectivity index (χ0v) is 10.3. The van der Waals surface area contributed by atoms with Crippen LogP contribution in [0.2, 0.25) is 0 Å². The molecule has 2 aliphatic rings. The number of likely N-dealkylation sites (N-methyl/N-ethyl adjacent to an activating group) is 1. The fraction of sp³-hybridized carbons (Fsp3) is 0.833. The summed E-state index contributed by atoms with van der Waals surface area (Å²) in [6.07, 6.45) is 2.63. The summed E-state index contributed by atoms with van der Waals surface area (Å²) in [6, 6.07) is 0. The molecule has 5 nitrogen and oxygen atoms in total. The number of aliphatic hydroxyl groups excluding tert-OH is 1. The van der Waals surface area contributed by atoms with Crippen molar-refractivity contribution in [2.45, 2.75) is 44.8 Å². The largest absolute Gasteiger partial charge is 0.391 e. The number of hydrogen-bond donors (Lipinski definition) is 1. The minimum absolute atomic E-state index is 0.221. The Kier molecular flexibility index (Phi) is 2.88. The molecule has 1 N–H and O–H groups in total. The summed E-state index contributed by atoms with van der Waals surface area (Å²) in [5.41, 5.74) is 0. The average molecular weight is 236 g/mol. The highest BCUT2D eigenvalue weighted by Gasteiger charge is 2.30. The third-order valence-corrected chi connectivity index (χ3v) is 4.04. The van der Waals surface area contributed by atoms with E-state index in [1.54, 1.807) is 0 Å². The highest BCUT2D eigenvalue weighted by Crippen LogP contribution is 2.28. The first-order valence-electron chi connectivity index (χ1n) is 6.60. The maximum atomic E-state index is 9.75. The van der Waals surface area contributed by atoms with Gasteiger partial charge in [0, 0.05) is 18.9 Å². The molecule has 0 spiro atoms. The lowest BCUT2D eigenvalue weighted by Crippen LogP contribution is -2.27. The van der Waals surface area contributed by atoms with Crippen molar-refractivity contribution in [2.24, 2.45) is 0 Å². The van der Waals surface area contributed by atoms with Gasteiger partial charge in [0.05, 0.1) is 12.6 Å². The summed E-state index contributed by atoms with van der Waals surface area (Å²) in [6.45, 7) is 6.24. The van der Waals surface area contributed by atoms with Crippen LogP contribution in [0.4, 0.5) is 0 Å². The van der Waals surface area contributed by atoms with Gasteiger partial charge in [-0.15, -0.1) is 10.2 Å². The maximum absolute atomic E-state index is 9.75. The molecule has 0 radical (unpaired) electrons. The van der Waals surface area contributed by atoms with E-state index in [4.69, 9.17) is 0 Å². The average Bonchev–Trinajstić information content (AvgIpc) is 2.93. The summed E-state index contributed by atoms with van der Waals surface area (Å²) in [5, 5.41) is 18.4. The van der Waals surface area contributed by atoms with Crippen molar-refractivity contribution >= 4 is 0 Å². The summed E-state index contributed by atoms with van der Waals surface area (Å²) >= 11 is 0. The Labute approximate surface area is 101 Å². The van der Waals surface area contributed by atoms with Gasteiger partial charge in [-0.3, -0.25) is 0 Å².